The van der Waals surface area contributed by atoms with Gasteiger partial charge < -0.3 is 4.74 Å². The van der Waals surface area contributed by atoms with Crippen LogP contribution in [0.3, 0.4) is 0 Å². The summed E-state index contributed by atoms with van der Waals surface area (Å²) >= 11 is 0. The maximum atomic E-state index is 12.0. The average Bonchev–Trinajstić information content (AvgIpc) is 2.54. The highest BCUT2D eigenvalue weighted by atomic mass is 16.5. The SMILES string of the molecule is C=C(C)C1CC=C(C)/C(=N/NC(=O)COc2cc(C)ccc2C)C1. The van der Waals surface area contributed by atoms with Gasteiger partial charge in [-0.1, -0.05) is 30.4 Å². The Morgan fingerprint density at radius 2 is 2.12 bits per heavy atom. The number of rotatable bonds is 5. The first-order valence-corrected chi connectivity index (χ1v) is 8.24. The fraction of sp³-hybridized carbons (Fsp3) is 0.400. The van der Waals surface area contributed by atoms with E-state index >= 15 is 0 Å². The third-order valence-electron chi connectivity index (χ3n) is 4.32. The third kappa shape index (κ3) is 4.82. The lowest BCUT2D eigenvalue weighted by molar-refractivity contribution is -0.123. The Bertz CT molecular complexity index is 702. The van der Waals surface area contributed by atoms with Crippen LogP contribution >= 0.6 is 0 Å². The number of benzene rings is 1. The summed E-state index contributed by atoms with van der Waals surface area (Å²) in [5.41, 5.74) is 7.89. The van der Waals surface area contributed by atoms with Gasteiger partial charge in [0.2, 0.25) is 0 Å². The molecule has 0 fully saturated rings. The predicted octanol–water partition coefficient (Wildman–Crippen LogP) is 4.09. The molecule has 0 aliphatic heterocycles. The molecule has 1 aromatic carbocycles. The van der Waals surface area contributed by atoms with Gasteiger partial charge in [-0.15, -0.1) is 0 Å². The van der Waals surface area contributed by atoms with Gasteiger partial charge in [-0.25, -0.2) is 5.43 Å². The van der Waals surface area contributed by atoms with Gasteiger partial charge in [-0.2, -0.15) is 5.10 Å². The van der Waals surface area contributed by atoms with Crippen molar-refractivity contribution in [1.82, 2.24) is 5.43 Å². The van der Waals surface area contributed by atoms with Gasteiger partial charge in [-0.3, -0.25) is 4.79 Å². The standard InChI is InChI=1S/C20H26N2O2/c1-13(2)17-9-8-15(4)18(11-17)21-22-20(23)12-24-19-10-14(3)6-7-16(19)5/h6-8,10,17H,1,9,11-12H2,2-5H3,(H,22,23)/b21-18+. The van der Waals surface area contributed by atoms with Crippen molar-refractivity contribution in [2.45, 2.75) is 40.5 Å². The van der Waals surface area contributed by atoms with Crippen LogP contribution in [0.4, 0.5) is 0 Å². The van der Waals surface area contributed by atoms with Crippen molar-refractivity contribution in [2.75, 3.05) is 6.61 Å². The first kappa shape index (κ1) is 18.0. The summed E-state index contributed by atoms with van der Waals surface area (Å²) in [7, 11) is 0. The van der Waals surface area contributed by atoms with Crippen LogP contribution in [0.25, 0.3) is 0 Å². The molecule has 1 aliphatic rings. The van der Waals surface area contributed by atoms with Crippen molar-refractivity contribution in [3.05, 3.63) is 53.1 Å². The number of hydrogen-bond donors (Lipinski definition) is 1. The van der Waals surface area contributed by atoms with Crippen LogP contribution in [-0.2, 0) is 4.79 Å². The Hall–Kier alpha value is -2.36. The van der Waals surface area contributed by atoms with E-state index in [0.29, 0.717) is 5.92 Å². The van der Waals surface area contributed by atoms with Crippen LogP contribution in [0.5, 0.6) is 5.75 Å². The second-order valence-electron chi connectivity index (χ2n) is 6.52. The molecule has 1 N–H and O–H groups in total. The molecule has 0 saturated heterocycles. The quantitative estimate of drug-likeness (QED) is 0.654. The summed E-state index contributed by atoms with van der Waals surface area (Å²) in [5, 5.41) is 4.28. The van der Waals surface area contributed by atoms with Crippen LogP contribution in [0.15, 0.2) is 47.1 Å². The van der Waals surface area contributed by atoms with Gasteiger partial charge in [-0.05, 0) is 69.2 Å². The minimum Gasteiger partial charge on any atom is -0.483 e. The van der Waals surface area contributed by atoms with E-state index in [0.717, 1.165) is 46.6 Å². The summed E-state index contributed by atoms with van der Waals surface area (Å²) in [4.78, 5) is 12.0. The molecule has 1 aromatic rings. The number of carbonyl (C=O) groups excluding carboxylic acids is 1. The van der Waals surface area contributed by atoms with E-state index in [1.54, 1.807) is 0 Å². The summed E-state index contributed by atoms with van der Waals surface area (Å²) < 4.78 is 5.60. The number of allylic oxidation sites excluding steroid dienone is 3. The molecule has 0 spiro atoms. The van der Waals surface area contributed by atoms with E-state index < -0.39 is 0 Å². The summed E-state index contributed by atoms with van der Waals surface area (Å²) in [5.74, 6) is 0.873. The molecule has 1 aliphatic carbocycles. The molecule has 2 rings (SSSR count). The van der Waals surface area contributed by atoms with Crippen molar-refractivity contribution < 1.29 is 9.53 Å². The van der Waals surface area contributed by atoms with Crippen molar-refractivity contribution in [3.63, 3.8) is 0 Å². The number of ether oxygens (including phenoxy) is 1. The average molecular weight is 326 g/mol. The zero-order valence-corrected chi connectivity index (χ0v) is 15.0. The highest BCUT2D eigenvalue weighted by molar-refractivity contribution is 6.01. The molecule has 24 heavy (non-hydrogen) atoms. The zero-order chi connectivity index (χ0) is 17.7. The minimum atomic E-state index is -0.256. The number of nitrogens with one attached hydrogen (secondary N) is 1. The lowest BCUT2D eigenvalue weighted by Gasteiger charge is -2.22. The summed E-state index contributed by atoms with van der Waals surface area (Å²) in [6.07, 6.45) is 3.96. The molecule has 128 valence electrons. The monoisotopic (exact) mass is 326 g/mol. The molecule has 0 saturated carbocycles. The second kappa shape index (κ2) is 7.95. The number of carbonyl (C=O) groups is 1. The first-order chi connectivity index (χ1) is 11.4. The van der Waals surface area contributed by atoms with E-state index in [9.17, 15) is 4.79 Å². The van der Waals surface area contributed by atoms with Crippen molar-refractivity contribution in [1.29, 1.82) is 0 Å². The number of hydrazone groups is 1. The largest absolute Gasteiger partial charge is 0.483 e. The number of amides is 1. The molecule has 4 heteroatoms. The molecule has 0 heterocycles. The highest BCUT2D eigenvalue weighted by Crippen LogP contribution is 2.26. The fourth-order valence-corrected chi connectivity index (χ4v) is 2.59. The van der Waals surface area contributed by atoms with Gasteiger partial charge in [0.1, 0.15) is 5.75 Å². The van der Waals surface area contributed by atoms with E-state index in [2.05, 4.69) is 23.2 Å². The summed E-state index contributed by atoms with van der Waals surface area (Å²) in [6.45, 7) is 12.0. The maximum absolute atomic E-state index is 12.0. The van der Waals surface area contributed by atoms with Crippen LogP contribution in [0, 0.1) is 19.8 Å². The summed E-state index contributed by atoms with van der Waals surface area (Å²) in [6, 6.07) is 5.93. The Morgan fingerprint density at radius 1 is 1.38 bits per heavy atom. The van der Waals surface area contributed by atoms with E-state index in [4.69, 9.17) is 4.74 Å². The smallest absolute Gasteiger partial charge is 0.277 e. The Kier molecular flexibility index (Phi) is 5.96. The molecular weight excluding hydrogens is 300 g/mol. The fourth-order valence-electron chi connectivity index (χ4n) is 2.59. The number of nitrogens with zero attached hydrogens (tertiary/aromatic N) is 1. The maximum Gasteiger partial charge on any atom is 0.277 e. The molecular formula is C20H26N2O2. The lowest BCUT2D eigenvalue weighted by atomic mass is 9.85. The van der Waals surface area contributed by atoms with Crippen molar-refractivity contribution in [2.24, 2.45) is 11.0 Å². The van der Waals surface area contributed by atoms with Crippen LogP contribution in [0.1, 0.15) is 37.8 Å². The van der Waals surface area contributed by atoms with Gasteiger partial charge in [0.25, 0.3) is 5.91 Å². The molecule has 1 amide bonds. The molecule has 0 aromatic heterocycles. The third-order valence-corrected chi connectivity index (χ3v) is 4.32. The molecule has 0 radical (unpaired) electrons. The van der Waals surface area contributed by atoms with E-state index in [1.165, 1.54) is 0 Å². The number of hydrogen-bond acceptors (Lipinski definition) is 3. The molecule has 1 atom stereocenters. The van der Waals surface area contributed by atoms with E-state index in [1.807, 2.05) is 45.9 Å². The Morgan fingerprint density at radius 3 is 2.83 bits per heavy atom. The highest BCUT2D eigenvalue weighted by Gasteiger charge is 2.18. The van der Waals surface area contributed by atoms with Crippen LogP contribution < -0.4 is 10.2 Å². The first-order valence-electron chi connectivity index (χ1n) is 8.24. The zero-order valence-electron chi connectivity index (χ0n) is 15.0. The van der Waals surface area contributed by atoms with Gasteiger partial charge in [0.05, 0.1) is 5.71 Å². The molecule has 1 unspecified atom stereocenters. The number of aryl methyl sites for hydroxylation is 2. The van der Waals surface area contributed by atoms with Crippen LogP contribution in [-0.4, -0.2) is 18.2 Å². The van der Waals surface area contributed by atoms with Crippen LogP contribution in [0.2, 0.25) is 0 Å². The minimum absolute atomic E-state index is 0.0479. The molecule has 0 bridgehead atoms. The normalized spacial score (nSPS) is 18.9. The molecule has 4 nitrogen and oxygen atoms in total. The second-order valence-corrected chi connectivity index (χ2v) is 6.52. The topological polar surface area (TPSA) is 50.7 Å². The van der Waals surface area contributed by atoms with E-state index in [-0.39, 0.29) is 12.5 Å². The van der Waals surface area contributed by atoms with Crippen molar-refractivity contribution in [3.8, 4) is 5.75 Å². The Labute approximate surface area is 144 Å². The van der Waals surface area contributed by atoms with Gasteiger partial charge in [0, 0.05) is 0 Å². The predicted molar refractivity (Wildman–Crippen MR) is 98.3 cm³/mol. The van der Waals surface area contributed by atoms with Gasteiger partial charge >= 0.3 is 0 Å². The van der Waals surface area contributed by atoms with Crippen molar-refractivity contribution >= 4 is 11.6 Å². The Balaban J connectivity index is 1.92. The van der Waals surface area contributed by atoms with Gasteiger partial charge in [0.15, 0.2) is 6.61 Å². The lowest BCUT2D eigenvalue weighted by Crippen LogP contribution is -2.27.